The van der Waals surface area contributed by atoms with E-state index >= 15 is 0 Å². The molecule has 1 aliphatic rings. The van der Waals surface area contributed by atoms with Gasteiger partial charge in [-0.25, -0.2) is 8.78 Å². The SMILES string of the molecule is C=CCCc1ccc(C2CCC(c3ccc4c(F)c(F)ccc4c3)CC2)cc1. The third-order valence-corrected chi connectivity index (χ3v) is 6.22. The molecule has 1 saturated carbocycles. The van der Waals surface area contributed by atoms with Gasteiger partial charge in [0, 0.05) is 5.39 Å². The summed E-state index contributed by atoms with van der Waals surface area (Å²) in [6, 6.07) is 17.7. The number of aryl methyl sites for hydroxylation is 1. The Hall–Kier alpha value is -2.48. The standard InChI is InChI=1S/C26H26F2/c1-2-3-4-18-5-7-19(8-6-18)20-9-11-21(12-10-20)22-13-15-24-23(17-22)14-16-25(27)26(24)28/h2,5-8,13-17,20-21H,1,3-4,9-12H2. The minimum atomic E-state index is -0.781. The number of allylic oxidation sites excluding steroid dienone is 1. The van der Waals surface area contributed by atoms with Crippen molar-refractivity contribution < 1.29 is 8.78 Å². The molecule has 1 aliphatic carbocycles. The molecule has 0 amide bonds. The summed E-state index contributed by atoms with van der Waals surface area (Å²) < 4.78 is 27.3. The predicted octanol–water partition coefficient (Wildman–Crippen LogP) is 7.68. The molecular formula is C26H26F2. The quantitative estimate of drug-likeness (QED) is 0.401. The van der Waals surface area contributed by atoms with Crippen molar-refractivity contribution in [2.45, 2.75) is 50.4 Å². The first-order valence-corrected chi connectivity index (χ1v) is 10.2. The summed E-state index contributed by atoms with van der Waals surface area (Å²) in [7, 11) is 0. The first-order valence-electron chi connectivity index (χ1n) is 10.2. The molecule has 0 unspecified atom stereocenters. The van der Waals surface area contributed by atoms with E-state index in [2.05, 4.69) is 30.8 Å². The second-order valence-electron chi connectivity index (χ2n) is 7.96. The number of hydrogen-bond acceptors (Lipinski definition) is 0. The van der Waals surface area contributed by atoms with E-state index in [0.29, 0.717) is 17.2 Å². The number of benzene rings is 3. The summed E-state index contributed by atoms with van der Waals surface area (Å²) in [4.78, 5) is 0. The lowest BCUT2D eigenvalue weighted by Gasteiger charge is -2.29. The van der Waals surface area contributed by atoms with Crippen LogP contribution < -0.4 is 0 Å². The highest BCUT2D eigenvalue weighted by Crippen LogP contribution is 2.41. The Balaban J connectivity index is 1.43. The molecular weight excluding hydrogens is 350 g/mol. The van der Waals surface area contributed by atoms with Gasteiger partial charge in [-0.1, -0.05) is 54.6 Å². The minimum Gasteiger partial charge on any atom is -0.204 e. The fourth-order valence-electron chi connectivity index (χ4n) is 4.52. The Bertz CT molecular complexity index is 964. The molecule has 0 aliphatic heterocycles. The summed E-state index contributed by atoms with van der Waals surface area (Å²) in [6.07, 6.45) is 8.66. The van der Waals surface area contributed by atoms with E-state index in [4.69, 9.17) is 0 Å². The van der Waals surface area contributed by atoms with Gasteiger partial charge in [0.15, 0.2) is 11.6 Å². The molecule has 0 spiro atoms. The van der Waals surface area contributed by atoms with Crippen LogP contribution in [0.15, 0.2) is 67.3 Å². The van der Waals surface area contributed by atoms with Crippen molar-refractivity contribution in [1.29, 1.82) is 0 Å². The molecule has 28 heavy (non-hydrogen) atoms. The first-order chi connectivity index (χ1) is 13.7. The molecule has 0 bridgehead atoms. The molecule has 144 valence electrons. The van der Waals surface area contributed by atoms with Gasteiger partial charge >= 0.3 is 0 Å². The van der Waals surface area contributed by atoms with Gasteiger partial charge in [0.25, 0.3) is 0 Å². The van der Waals surface area contributed by atoms with Crippen LogP contribution in [0.3, 0.4) is 0 Å². The van der Waals surface area contributed by atoms with Crippen LogP contribution in [0.1, 0.15) is 60.6 Å². The van der Waals surface area contributed by atoms with Gasteiger partial charge in [0.1, 0.15) is 0 Å². The Kier molecular flexibility index (Phi) is 5.57. The summed E-state index contributed by atoms with van der Waals surface area (Å²) in [5, 5.41) is 1.16. The zero-order valence-electron chi connectivity index (χ0n) is 16.1. The van der Waals surface area contributed by atoms with Crippen molar-refractivity contribution in [2.24, 2.45) is 0 Å². The fraction of sp³-hybridized carbons (Fsp3) is 0.308. The largest absolute Gasteiger partial charge is 0.204 e. The average molecular weight is 376 g/mol. The Morgan fingerprint density at radius 3 is 2.14 bits per heavy atom. The Morgan fingerprint density at radius 1 is 0.821 bits per heavy atom. The van der Waals surface area contributed by atoms with E-state index < -0.39 is 11.6 Å². The summed E-state index contributed by atoms with van der Waals surface area (Å²) in [6.45, 7) is 3.79. The first kappa shape index (κ1) is 18.9. The molecule has 0 saturated heterocycles. The smallest absolute Gasteiger partial charge is 0.166 e. The summed E-state index contributed by atoms with van der Waals surface area (Å²) in [5.74, 6) is -0.405. The monoisotopic (exact) mass is 376 g/mol. The van der Waals surface area contributed by atoms with Crippen LogP contribution in [0.5, 0.6) is 0 Å². The molecule has 0 atom stereocenters. The molecule has 4 rings (SSSR count). The van der Waals surface area contributed by atoms with Crippen molar-refractivity contribution in [3.8, 4) is 0 Å². The predicted molar refractivity (Wildman–Crippen MR) is 113 cm³/mol. The van der Waals surface area contributed by atoms with Crippen LogP contribution >= 0.6 is 0 Å². The van der Waals surface area contributed by atoms with Crippen molar-refractivity contribution in [2.75, 3.05) is 0 Å². The summed E-state index contributed by atoms with van der Waals surface area (Å²) >= 11 is 0. The molecule has 2 heteroatoms. The zero-order chi connectivity index (χ0) is 19.5. The van der Waals surface area contributed by atoms with Gasteiger partial charge in [-0.05, 0) is 78.5 Å². The second-order valence-corrected chi connectivity index (χ2v) is 7.96. The maximum atomic E-state index is 13.9. The van der Waals surface area contributed by atoms with Crippen molar-refractivity contribution in [3.05, 3.63) is 95.6 Å². The molecule has 3 aromatic rings. The number of fused-ring (bicyclic) bond motifs is 1. The highest BCUT2D eigenvalue weighted by molar-refractivity contribution is 5.84. The van der Waals surface area contributed by atoms with Crippen molar-refractivity contribution in [3.63, 3.8) is 0 Å². The van der Waals surface area contributed by atoms with E-state index in [1.165, 1.54) is 35.6 Å². The van der Waals surface area contributed by atoms with Crippen LogP contribution in [0.4, 0.5) is 8.78 Å². The van der Waals surface area contributed by atoms with Gasteiger partial charge in [-0.15, -0.1) is 6.58 Å². The molecule has 0 N–H and O–H groups in total. The van der Waals surface area contributed by atoms with Gasteiger partial charge in [0.2, 0.25) is 0 Å². The van der Waals surface area contributed by atoms with Crippen LogP contribution in [-0.2, 0) is 6.42 Å². The minimum absolute atomic E-state index is 0.369. The van der Waals surface area contributed by atoms with Crippen LogP contribution in [0.2, 0.25) is 0 Å². The number of halogens is 2. The molecule has 0 radical (unpaired) electrons. The van der Waals surface area contributed by atoms with E-state index in [9.17, 15) is 8.78 Å². The third-order valence-electron chi connectivity index (χ3n) is 6.22. The van der Waals surface area contributed by atoms with E-state index in [1.807, 2.05) is 18.2 Å². The highest BCUT2D eigenvalue weighted by atomic mass is 19.2. The topological polar surface area (TPSA) is 0 Å². The summed E-state index contributed by atoms with van der Waals surface area (Å²) in [5.41, 5.74) is 4.06. The lowest BCUT2D eigenvalue weighted by Crippen LogP contribution is -2.12. The fourth-order valence-corrected chi connectivity index (χ4v) is 4.52. The Labute approximate surface area is 165 Å². The van der Waals surface area contributed by atoms with Gasteiger partial charge in [0.05, 0.1) is 0 Å². The zero-order valence-corrected chi connectivity index (χ0v) is 16.1. The van der Waals surface area contributed by atoms with Gasteiger partial charge in [-0.3, -0.25) is 0 Å². The van der Waals surface area contributed by atoms with Crippen LogP contribution in [0.25, 0.3) is 10.8 Å². The normalized spacial score (nSPS) is 19.6. The van der Waals surface area contributed by atoms with Crippen LogP contribution in [-0.4, -0.2) is 0 Å². The maximum absolute atomic E-state index is 13.9. The molecule has 1 fully saturated rings. The van der Waals surface area contributed by atoms with E-state index in [1.54, 1.807) is 12.1 Å². The van der Waals surface area contributed by atoms with Crippen LogP contribution in [0, 0.1) is 11.6 Å². The van der Waals surface area contributed by atoms with Gasteiger partial charge < -0.3 is 0 Å². The highest BCUT2D eigenvalue weighted by Gasteiger charge is 2.24. The lowest BCUT2D eigenvalue weighted by molar-refractivity contribution is 0.396. The maximum Gasteiger partial charge on any atom is 0.166 e. The van der Waals surface area contributed by atoms with E-state index in [-0.39, 0.29) is 0 Å². The lowest BCUT2D eigenvalue weighted by atomic mass is 9.76. The number of rotatable bonds is 5. The van der Waals surface area contributed by atoms with E-state index in [0.717, 1.165) is 31.1 Å². The third kappa shape index (κ3) is 3.87. The van der Waals surface area contributed by atoms with Crippen molar-refractivity contribution >= 4 is 10.8 Å². The number of hydrogen-bond donors (Lipinski definition) is 0. The second kappa shape index (κ2) is 8.26. The van der Waals surface area contributed by atoms with Gasteiger partial charge in [-0.2, -0.15) is 0 Å². The molecule has 0 aromatic heterocycles. The Morgan fingerprint density at radius 2 is 1.46 bits per heavy atom. The molecule has 3 aromatic carbocycles. The average Bonchev–Trinajstić information content (AvgIpc) is 2.75. The molecule has 0 heterocycles. The van der Waals surface area contributed by atoms with Crippen molar-refractivity contribution in [1.82, 2.24) is 0 Å². The molecule has 0 nitrogen and oxygen atoms in total.